The standard InChI is InChI=1S/C23H26Cl2N2O3/c1-16(23(29)26-19-9-5-6-10-19)27(14-17-7-3-2-4-8-17)22(28)15-30-21-12-11-18(24)13-20(21)25/h2-4,7-8,11-13,16,19H,5-6,9-10,14-15H2,1H3,(H,26,29)/t16-/m1/s1. The zero-order chi connectivity index (χ0) is 21.5. The highest BCUT2D eigenvalue weighted by Crippen LogP contribution is 2.27. The molecule has 1 atom stereocenters. The average molecular weight is 449 g/mol. The Morgan fingerprint density at radius 1 is 1.13 bits per heavy atom. The molecule has 0 radical (unpaired) electrons. The van der Waals surface area contributed by atoms with E-state index in [-0.39, 0.29) is 24.5 Å². The second kappa shape index (κ2) is 10.7. The normalized spacial score (nSPS) is 14.9. The summed E-state index contributed by atoms with van der Waals surface area (Å²) < 4.78 is 5.62. The van der Waals surface area contributed by atoms with Crippen molar-refractivity contribution >= 4 is 35.0 Å². The molecule has 160 valence electrons. The van der Waals surface area contributed by atoms with Crippen LogP contribution in [0.25, 0.3) is 0 Å². The Morgan fingerprint density at radius 3 is 2.50 bits per heavy atom. The van der Waals surface area contributed by atoms with Gasteiger partial charge in [-0.1, -0.05) is 66.4 Å². The van der Waals surface area contributed by atoms with Gasteiger partial charge < -0.3 is 15.0 Å². The van der Waals surface area contributed by atoms with Crippen LogP contribution in [0, 0.1) is 0 Å². The van der Waals surface area contributed by atoms with Crippen molar-refractivity contribution in [2.24, 2.45) is 0 Å². The first kappa shape index (κ1) is 22.4. The molecule has 2 aromatic rings. The fourth-order valence-corrected chi connectivity index (χ4v) is 4.03. The van der Waals surface area contributed by atoms with Gasteiger partial charge in [-0.3, -0.25) is 9.59 Å². The molecule has 5 nitrogen and oxygen atoms in total. The van der Waals surface area contributed by atoms with Crippen molar-refractivity contribution in [2.75, 3.05) is 6.61 Å². The predicted octanol–water partition coefficient (Wildman–Crippen LogP) is 4.85. The summed E-state index contributed by atoms with van der Waals surface area (Å²) in [5.41, 5.74) is 0.941. The van der Waals surface area contributed by atoms with Gasteiger partial charge in [0.15, 0.2) is 6.61 Å². The summed E-state index contributed by atoms with van der Waals surface area (Å²) in [7, 11) is 0. The van der Waals surface area contributed by atoms with Crippen LogP contribution in [-0.4, -0.2) is 35.4 Å². The number of carbonyl (C=O) groups excluding carboxylic acids is 2. The molecule has 0 saturated heterocycles. The minimum absolute atomic E-state index is 0.143. The summed E-state index contributed by atoms with van der Waals surface area (Å²) in [5.74, 6) is -0.0632. The fraction of sp³-hybridized carbons (Fsp3) is 0.391. The van der Waals surface area contributed by atoms with Crippen molar-refractivity contribution in [2.45, 2.75) is 51.2 Å². The van der Waals surface area contributed by atoms with Gasteiger partial charge in [0.2, 0.25) is 5.91 Å². The lowest BCUT2D eigenvalue weighted by atomic mass is 10.1. The zero-order valence-electron chi connectivity index (χ0n) is 16.9. The van der Waals surface area contributed by atoms with Crippen molar-refractivity contribution in [3.8, 4) is 5.75 Å². The number of nitrogens with zero attached hydrogens (tertiary/aromatic N) is 1. The summed E-state index contributed by atoms with van der Waals surface area (Å²) in [5, 5.41) is 3.90. The molecule has 1 aliphatic carbocycles. The molecule has 0 heterocycles. The molecule has 3 rings (SSSR count). The molecular formula is C23H26Cl2N2O3. The molecule has 1 N–H and O–H groups in total. The zero-order valence-corrected chi connectivity index (χ0v) is 18.5. The van der Waals surface area contributed by atoms with Crippen LogP contribution < -0.4 is 10.1 Å². The highest BCUT2D eigenvalue weighted by atomic mass is 35.5. The molecule has 0 unspecified atom stereocenters. The average Bonchev–Trinajstić information content (AvgIpc) is 3.24. The largest absolute Gasteiger partial charge is 0.482 e. The Morgan fingerprint density at radius 2 is 1.83 bits per heavy atom. The Kier molecular flexibility index (Phi) is 8.00. The van der Waals surface area contributed by atoms with E-state index in [1.807, 2.05) is 30.3 Å². The van der Waals surface area contributed by atoms with Crippen LogP contribution in [0.1, 0.15) is 38.2 Å². The maximum atomic E-state index is 13.0. The molecule has 1 aliphatic rings. The summed E-state index contributed by atoms with van der Waals surface area (Å²) >= 11 is 12.0. The van der Waals surface area contributed by atoms with E-state index in [9.17, 15) is 9.59 Å². The second-order valence-corrected chi connectivity index (χ2v) is 8.38. The molecule has 0 aliphatic heterocycles. The number of ether oxygens (including phenoxy) is 1. The maximum absolute atomic E-state index is 13.0. The lowest BCUT2D eigenvalue weighted by molar-refractivity contribution is -0.142. The van der Waals surface area contributed by atoms with Gasteiger partial charge in [-0.25, -0.2) is 0 Å². The van der Waals surface area contributed by atoms with E-state index in [2.05, 4.69) is 5.32 Å². The van der Waals surface area contributed by atoms with Gasteiger partial charge in [0.25, 0.3) is 5.91 Å². The van der Waals surface area contributed by atoms with Crippen LogP contribution in [0.15, 0.2) is 48.5 Å². The van der Waals surface area contributed by atoms with Gasteiger partial charge >= 0.3 is 0 Å². The summed E-state index contributed by atoms with van der Waals surface area (Å²) in [6.45, 7) is 1.84. The third-order valence-electron chi connectivity index (χ3n) is 5.31. The van der Waals surface area contributed by atoms with E-state index >= 15 is 0 Å². The lowest BCUT2D eigenvalue weighted by Crippen LogP contribution is -2.50. The van der Waals surface area contributed by atoms with Crippen LogP contribution in [0.2, 0.25) is 10.0 Å². The minimum atomic E-state index is -0.623. The Balaban J connectivity index is 1.70. The third-order valence-corrected chi connectivity index (χ3v) is 5.84. The van der Waals surface area contributed by atoms with E-state index in [0.717, 1.165) is 31.2 Å². The minimum Gasteiger partial charge on any atom is -0.482 e. The first-order chi connectivity index (χ1) is 14.4. The summed E-state index contributed by atoms with van der Waals surface area (Å²) in [6.07, 6.45) is 4.23. The number of benzene rings is 2. The van der Waals surface area contributed by atoms with Gasteiger partial charge in [0, 0.05) is 17.6 Å². The number of hydrogen-bond acceptors (Lipinski definition) is 3. The highest BCUT2D eigenvalue weighted by molar-refractivity contribution is 6.35. The number of carbonyl (C=O) groups is 2. The Bertz CT molecular complexity index is 870. The second-order valence-electron chi connectivity index (χ2n) is 7.54. The quantitative estimate of drug-likeness (QED) is 0.627. The van der Waals surface area contributed by atoms with Crippen molar-refractivity contribution in [3.05, 3.63) is 64.1 Å². The number of halogens is 2. The van der Waals surface area contributed by atoms with E-state index < -0.39 is 6.04 Å². The molecule has 7 heteroatoms. The number of amides is 2. The van der Waals surface area contributed by atoms with Crippen molar-refractivity contribution in [3.63, 3.8) is 0 Å². The number of rotatable bonds is 8. The molecule has 0 bridgehead atoms. The molecule has 2 aromatic carbocycles. The van der Waals surface area contributed by atoms with E-state index in [4.69, 9.17) is 27.9 Å². The van der Waals surface area contributed by atoms with Crippen LogP contribution in [0.3, 0.4) is 0 Å². The van der Waals surface area contributed by atoms with Gasteiger partial charge in [0.1, 0.15) is 11.8 Å². The lowest BCUT2D eigenvalue weighted by Gasteiger charge is -2.29. The summed E-state index contributed by atoms with van der Waals surface area (Å²) in [4.78, 5) is 27.4. The Labute approximate surface area is 187 Å². The van der Waals surface area contributed by atoms with Gasteiger partial charge in [0.05, 0.1) is 5.02 Å². The number of hydrogen-bond donors (Lipinski definition) is 1. The van der Waals surface area contributed by atoms with Gasteiger partial charge in [-0.15, -0.1) is 0 Å². The van der Waals surface area contributed by atoms with Gasteiger partial charge in [-0.2, -0.15) is 0 Å². The van der Waals surface area contributed by atoms with E-state index in [1.165, 1.54) is 0 Å². The first-order valence-corrected chi connectivity index (χ1v) is 10.9. The molecule has 0 aromatic heterocycles. The van der Waals surface area contributed by atoms with Crippen molar-refractivity contribution in [1.29, 1.82) is 0 Å². The molecule has 30 heavy (non-hydrogen) atoms. The fourth-order valence-electron chi connectivity index (χ4n) is 3.57. The van der Waals surface area contributed by atoms with Crippen molar-refractivity contribution in [1.82, 2.24) is 10.2 Å². The summed E-state index contributed by atoms with van der Waals surface area (Å²) in [6, 6.07) is 14.0. The molecule has 1 saturated carbocycles. The smallest absolute Gasteiger partial charge is 0.261 e. The number of nitrogens with one attached hydrogen (secondary N) is 1. The monoisotopic (exact) mass is 448 g/mol. The first-order valence-electron chi connectivity index (χ1n) is 10.2. The third kappa shape index (κ3) is 6.13. The van der Waals surface area contributed by atoms with Gasteiger partial charge in [-0.05, 0) is 43.5 Å². The predicted molar refractivity (Wildman–Crippen MR) is 119 cm³/mol. The molecular weight excluding hydrogens is 423 g/mol. The van der Waals surface area contributed by atoms with E-state index in [1.54, 1.807) is 30.0 Å². The Hall–Kier alpha value is -2.24. The molecule has 2 amide bonds. The van der Waals surface area contributed by atoms with Crippen LogP contribution in [0.5, 0.6) is 5.75 Å². The maximum Gasteiger partial charge on any atom is 0.261 e. The van der Waals surface area contributed by atoms with Crippen LogP contribution in [0.4, 0.5) is 0 Å². The SMILES string of the molecule is C[C@H](C(=O)NC1CCCC1)N(Cc1ccccc1)C(=O)COc1ccc(Cl)cc1Cl. The molecule has 0 spiro atoms. The van der Waals surface area contributed by atoms with Crippen LogP contribution in [-0.2, 0) is 16.1 Å². The van der Waals surface area contributed by atoms with E-state index in [0.29, 0.717) is 22.3 Å². The van der Waals surface area contributed by atoms with Crippen LogP contribution >= 0.6 is 23.2 Å². The highest BCUT2D eigenvalue weighted by Gasteiger charge is 2.28. The molecule has 1 fully saturated rings. The topological polar surface area (TPSA) is 58.6 Å². The van der Waals surface area contributed by atoms with Crippen molar-refractivity contribution < 1.29 is 14.3 Å².